The molecule has 3 nitrogen and oxygen atoms in total. The number of amides is 1. The zero-order chi connectivity index (χ0) is 15.2. The van der Waals surface area contributed by atoms with E-state index < -0.39 is 0 Å². The van der Waals surface area contributed by atoms with Gasteiger partial charge in [-0.3, -0.25) is 4.79 Å². The maximum atomic E-state index is 13.1. The van der Waals surface area contributed by atoms with E-state index in [0.717, 1.165) is 11.1 Å². The second kappa shape index (κ2) is 6.99. The fraction of sp³-hybridized carbons (Fsp3) is 0.235. The Morgan fingerprint density at radius 1 is 1.19 bits per heavy atom. The van der Waals surface area contributed by atoms with Crippen molar-refractivity contribution in [3.8, 4) is 0 Å². The lowest BCUT2D eigenvalue weighted by molar-refractivity contribution is -0.125. The van der Waals surface area contributed by atoms with Crippen molar-refractivity contribution < 1.29 is 9.18 Å². The van der Waals surface area contributed by atoms with Crippen molar-refractivity contribution in [3.63, 3.8) is 0 Å². The van der Waals surface area contributed by atoms with Gasteiger partial charge in [0.25, 0.3) is 0 Å². The van der Waals surface area contributed by atoms with Gasteiger partial charge in [0.1, 0.15) is 5.82 Å². The van der Waals surface area contributed by atoms with Crippen LogP contribution in [0.4, 0.5) is 4.39 Å². The highest BCUT2D eigenvalue weighted by Crippen LogP contribution is 2.19. The van der Waals surface area contributed by atoms with Crippen molar-refractivity contribution >= 4 is 5.91 Å². The van der Waals surface area contributed by atoms with Gasteiger partial charge in [-0.05, 0) is 23.3 Å². The molecule has 3 N–H and O–H groups in total. The molecule has 0 bridgehead atoms. The monoisotopic (exact) mass is 286 g/mol. The zero-order valence-electron chi connectivity index (χ0n) is 11.9. The van der Waals surface area contributed by atoms with Gasteiger partial charge in [0, 0.05) is 12.6 Å². The first-order valence-corrected chi connectivity index (χ1v) is 6.90. The van der Waals surface area contributed by atoms with Gasteiger partial charge in [-0.1, -0.05) is 49.4 Å². The van der Waals surface area contributed by atoms with E-state index in [-0.39, 0.29) is 23.7 Å². The number of hydrogen-bond acceptors (Lipinski definition) is 2. The summed E-state index contributed by atoms with van der Waals surface area (Å²) in [6.07, 6.45) is 0. The normalized spacial score (nSPS) is 13.5. The molecule has 0 spiro atoms. The number of rotatable bonds is 5. The molecule has 2 rings (SSSR count). The average molecular weight is 286 g/mol. The van der Waals surface area contributed by atoms with E-state index in [4.69, 9.17) is 5.73 Å². The maximum absolute atomic E-state index is 13.1. The van der Waals surface area contributed by atoms with Crippen LogP contribution in [0.15, 0.2) is 54.6 Å². The first kappa shape index (κ1) is 15.2. The first-order chi connectivity index (χ1) is 10.1. The molecule has 0 fully saturated rings. The summed E-state index contributed by atoms with van der Waals surface area (Å²) >= 11 is 0. The molecule has 0 aliphatic rings. The van der Waals surface area contributed by atoms with Crippen molar-refractivity contribution in [1.82, 2.24) is 5.32 Å². The summed E-state index contributed by atoms with van der Waals surface area (Å²) in [5.41, 5.74) is 7.76. The molecule has 110 valence electrons. The van der Waals surface area contributed by atoms with E-state index in [1.807, 2.05) is 30.3 Å². The summed E-state index contributed by atoms with van der Waals surface area (Å²) in [4.78, 5) is 12.1. The molecule has 2 atom stereocenters. The summed E-state index contributed by atoms with van der Waals surface area (Å²) in [6, 6.07) is 15.3. The Kier molecular flexibility index (Phi) is 5.06. The van der Waals surface area contributed by atoms with E-state index in [9.17, 15) is 9.18 Å². The predicted molar refractivity (Wildman–Crippen MR) is 80.8 cm³/mol. The molecule has 21 heavy (non-hydrogen) atoms. The van der Waals surface area contributed by atoms with Crippen molar-refractivity contribution in [2.45, 2.75) is 19.5 Å². The summed E-state index contributed by atoms with van der Waals surface area (Å²) in [6.45, 7) is 2.08. The molecule has 0 aliphatic carbocycles. The van der Waals surface area contributed by atoms with Crippen LogP contribution in [0, 0.1) is 11.7 Å². The number of hydrogen-bond donors (Lipinski definition) is 2. The van der Waals surface area contributed by atoms with Gasteiger partial charge >= 0.3 is 0 Å². The van der Waals surface area contributed by atoms with Crippen molar-refractivity contribution in [1.29, 1.82) is 0 Å². The van der Waals surface area contributed by atoms with Gasteiger partial charge < -0.3 is 11.1 Å². The number of nitrogens with one attached hydrogen (secondary N) is 1. The lowest BCUT2D eigenvalue weighted by atomic mass is 9.94. The molecule has 0 saturated carbocycles. The Balaban J connectivity index is 1.94. The second-order valence-electron chi connectivity index (χ2n) is 5.07. The molecule has 0 heterocycles. The minimum Gasteiger partial charge on any atom is -0.352 e. The molecule has 2 aromatic carbocycles. The minimum absolute atomic E-state index is 0.143. The fourth-order valence-corrected chi connectivity index (χ4v) is 2.12. The molecular weight excluding hydrogens is 267 g/mol. The number of nitrogens with two attached hydrogens (primary N) is 1. The van der Waals surface area contributed by atoms with Crippen LogP contribution >= 0.6 is 0 Å². The third-order valence-corrected chi connectivity index (χ3v) is 3.49. The third kappa shape index (κ3) is 4.13. The van der Waals surface area contributed by atoms with Crippen LogP contribution in [0.5, 0.6) is 0 Å². The van der Waals surface area contributed by atoms with Gasteiger partial charge in [0.05, 0.1) is 5.92 Å². The molecule has 0 aliphatic heterocycles. The topological polar surface area (TPSA) is 55.1 Å². The zero-order valence-corrected chi connectivity index (χ0v) is 11.9. The van der Waals surface area contributed by atoms with E-state index >= 15 is 0 Å². The third-order valence-electron chi connectivity index (χ3n) is 3.49. The van der Waals surface area contributed by atoms with E-state index in [0.29, 0.717) is 6.54 Å². The van der Waals surface area contributed by atoms with Crippen LogP contribution < -0.4 is 11.1 Å². The second-order valence-corrected chi connectivity index (χ2v) is 5.07. The molecule has 0 saturated heterocycles. The van der Waals surface area contributed by atoms with Gasteiger partial charge in [-0.2, -0.15) is 0 Å². The number of carbonyl (C=O) groups is 1. The lowest BCUT2D eigenvalue weighted by Crippen LogP contribution is -2.35. The minimum atomic E-state index is -0.362. The molecule has 4 heteroatoms. The molecular formula is C17H19FN2O. The lowest BCUT2D eigenvalue weighted by Gasteiger charge is -2.19. The van der Waals surface area contributed by atoms with Crippen molar-refractivity contribution in [2.75, 3.05) is 0 Å². The quantitative estimate of drug-likeness (QED) is 0.888. The maximum Gasteiger partial charge on any atom is 0.225 e. The molecule has 0 radical (unpaired) electrons. The van der Waals surface area contributed by atoms with Crippen molar-refractivity contribution in [3.05, 3.63) is 71.5 Å². The number of carbonyl (C=O) groups excluding carboxylic acids is 1. The highest BCUT2D eigenvalue weighted by molar-refractivity contribution is 5.79. The van der Waals surface area contributed by atoms with Gasteiger partial charge in [-0.15, -0.1) is 0 Å². The summed E-state index contributed by atoms with van der Waals surface area (Å²) < 4.78 is 13.1. The Labute approximate surface area is 124 Å². The standard InChI is InChI=1S/C17H19FN2O/c1-12(16(19)14-7-3-2-4-8-14)17(21)20-11-13-6-5-9-15(18)10-13/h2-10,12,16H,11,19H2,1H3,(H,20,21). The Morgan fingerprint density at radius 2 is 1.90 bits per heavy atom. The highest BCUT2D eigenvalue weighted by Gasteiger charge is 2.21. The summed E-state index contributed by atoms with van der Waals surface area (Å²) in [5.74, 6) is -0.813. The molecule has 1 amide bonds. The Hall–Kier alpha value is -2.20. The van der Waals surface area contributed by atoms with E-state index in [1.54, 1.807) is 19.1 Å². The smallest absolute Gasteiger partial charge is 0.225 e. The van der Waals surface area contributed by atoms with E-state index in [1.165, 1.54) is 12.1 Å². The predicted octanol–water partition coefficient (Wildman–Crippen LogP) is 2.78. The van der Waals surface area contributed by atoms with Gasteiger partial charge in [0.15, 0.2) is 0 Å². The van der Waals surface area contributed by atoms with Crippen LogP contribution in [0.2, 0.25) is 0 Å². The van der Waals surface area contributed by atoms with Crippen LogP contribution in [0.25, 0.3) is 0 Å². The fourth-order valence-electron chi connectivity index (χ4n) is 2.12. The summed E-state index contributed by atoms with van der Waals surface area (Å²) in [7, 11) is 0. The van der Waals surface area contributed by atoms with Crippen LogP contribution in [0.1, 0.15) is 24.1 Å². The number of benzene rings is 2. The van der Waals surface area contributed by atoms with Crippen molar-refractivity contribution in [2.24, 2.45) is 11.7 Å². The average Bonchev–Trinajstić information content (AvgIpc) is 2.52. The molecule has 2 aromatic rings. The largest absolute Gasteiger partial charge is 0.352 e. The van der Waals surface area contributed by atoms with Crippen LogP contribution in [-0.4, -0.2) is 5.91 Å². The molecule has 2 unspecified atom stereocenters. The summed E-state index contributed by atoms with van der Waals surface area (Å²) in [5, 5.41) is 2.79. The number of halogens is 1. The SMILES string of the molecule is CC(C(=O)NCc1cccc(F)c1)C(N)c1ccccc1. The highest BCUT2D eigenvalue weighted by atomic mass is 19.1. The van der Waals surface area contributed by atoms with E-state index in [2.05, 4.69) is 5.32 Å². The van der Waals surface area contributed by atoms with Gasteiger partial charge in [-0.25, -0.2) is 4.39 Å². The van der Waals surface area contributed by atoms with Crippen LogP contribution in [-0.2, 0) is 11.3 Å². The van der Waals surface area contributed by atoms with Gasteiger partial charge in [0.2, 0.25) is 5.91 Å². The van der Waals surface area contributed by atoms with Crippen LogP contribution in [0.3, 0.4) is 0 Å². The first-order valence-electron chi connectivity index (χ1n) is 6.90. The molecule has 0 aromatic heterocycles. The Bertz CT molecular complexity index is 601. The Morgan fingerprint density at radius 3 is 2.57 bits per heavy atom.